The van der Waals surface area contributed by atoms with E-state index in [2.05, 4.69) is 20.2 Å². The van der Waals surface area contributed by atoms with Crippen LogP contribution in [0.3, 0.4) is 0 Å². The normalized spacial score (nSPS) is 18.8. The van der Waals surface area contributed by atoms with Gasteiger partial charge in [0.15, 0.2) is 5.69 Å². The quantitative estimate of drug-likeness (QED) is 0.778. The summed E-state index contributed by atoms with van der Waals surface area (Å²) in [4.78, 5) is 21.1. The molecule has 1 N–H and O–H groups in total. The van der Waals surface area contributed by atoms with E-state index in [-0.39, 0.29) is 11.9 Å². The third kappa shape index (κ3) is 2.69. The molecule has 1 aliphatic heterocycles. The zero-order valence-corrected chi connectivity index (χ0v) is 9.55. The maximum absolute atomic E-state index is 10.9. The molecule has 1 atom stereocenters. The van der Waals surface area contributed by atoms with Gasteiger partial charge in [-0.2, -0.15) is 5.26 Å². The maximum Gasteiger partial charge on any atom is 0.217 e. The highest BCUT2D eigenvalue weighted by Gasteiger charge is 2.23. The molecule has 0 radical (unpaired) electrons. The van der Waals surface area contributed by atoms with Crippen molar-refractivity contribution >= 4 is 11.7 Å². The molecule has 17 heavy (non-hydrogen) atoms. The van der Waals surface area contributed by atoms with E-state index in [4.69, 9.17) is 5.26 Å². The van der Waals surface area contributed by atoms with Crippen LogP contribution in [0.1, 0.15) is 19.0 Å². The van der Waals surface area contributed by atoms with Crippen molar-refractivity contribution in [2.45, 2.75) is 19.4 Å². The number of carbonyl (C=O) groups is 1. The Balaban J connectivity index is 2.00. The first-order valence-corrected chi connectivity index (χ1v) is 5.43. The zero-order valence-electron chi connectivity index (χ0n) is 9.55. The highest BCUT2D eigenvalue weighted by molar-refractivity contribution is 5.73. The average molecular weight is 231 g/mol. The van der Waals surface area contributed by atoms with Crippen LogP contribution >= 0.6 is 0 Å². The molecule has 0 aliphatic carbocycles. The van der Waals surface area contributed by atoms with Gasteiger partial charge in [-0.15, -0.1) is 0 Å². The van der Waals surface area contributed by atoms with Crippen LogP contribution in [0.5, 0.6) is 0 Å². The number of nitriles is 1. The molecule has 0 bridgehead atoms. The van der Waals surface area contributed by atoms with Crippen LogP contribution < -0.4 is 10.2 Å². The number of carbonyl (C=O) groups excluding carboxylic acids is 1. The number of aromatic nitrogens is 2. The van der Waals surface area contributed by atoms with Crippen molar-refractivity contribution in [3.8, 4) is 6.07 Å². The summed E-state index contributed by atoms with van der Waals surface area (Å²) in [5.74, 6) is 0.736. The van der Waals surface area contributed by atoms with Gasteiger partial charge in [-0.25, -0.2) is 9.97 Å². The van der Waals surface area contributed by atoms with Crippen LogP contribution in [0.15, 0.2) is 12.4 Å². The second kappa shape index (κ2) is 4.78. The van der Waals surface area contributed by atoms with E-state index in [0.717, 1.165) is 25.3 Å². The lowest BCUT2D eigenvalue weighted by Crippen LogP contribution is -2.35. The molecule has 6 heteroatoms. The van der Waals surface area contributed by atoms with Crippen molar-refractivity contribution in [2.75, 3.05) is 18.0 Å². The molecular weight excluding hydrogens is 218 g/mol. The van der Waals surface area contributed by atoms with Crippen LogP contribution in [0.25, 0.3) is 0 Å². The fourth-order valence-electron chi connectivity index (χ4n) is 1.92. The van der Waals surface area contributed by atoms with Crippen LogP contribution in [-0.4, -0.2) is 35.0 Å². The van der Waals surface area contributed by atoms with Gasteiger partial charge >= 0.3 is 0 Å². The van der Waals surface area contributed by atoms with Gasteiger partial charge in [0.2, 0.25) is 5.91 Å². The van der Waals surface area contributed by atoms with Gasteiger partial charge in [0.05, 0.1) is 12.4 Å². The lowest BCUT2D eigenvalue weighted by molar-refractivity contribution is -0.119. The smallest absolute Gasteiger partial charge is 0.217 e. The highest BCUT2D eigenvalue weighted by Crippen LogP contribution is 2.16. The number of anilines is 1. The van der Waals surface area contributed by atoms with E-state index in [1.54, 1.807) is 6.20 Å². The maximum atomic E-state index is 10.9. The summed E-state index contributed by atoms with van der Waals surface area (Å²) < 4.78 is 0. The molecule has 0 aromatic carbocycles. The molecule has 2 rings (SSSR count). The van der Waals surface area contributed by atoms with Gasteiger partial charge in [0.1, 0.15) is 11.9 Å². The molecule has 2 heterocycles. The molecule has 1 amide bonds. The first-order valence-electron chi connectivity index (χ1n) is 5.43. The van der Waals surface area contributed by atoms with Crippen LogP contribution in [-0.2, 0) is 4.79 Å². The first-order chi connectivity index (χ1) is 8.19. The molecule has 88 valence electrons. The van der Waals surface area contributed by atoms with E-state index in [0.29, 0.717) is 5.69 Å². The monoisotopic (exact) mass is 231 g/mol. The van der Waals surface area contributed by atoms with Gasteiger partial charge < -0.3 is 10.2 Å². The third-order valence-electron chi connectivity index (χ3n) is 2.67. The summed E-state index contributed by atoms with van der Waals surface area (Å²) in [7, 11) is 0. The standard InChI is InChI=1S/C11H13N5O/c1-8(17)15-9-2-3-16(7-9)11-6-13-10(4-12)5-14-11/h5-6,9H,2-3,7H2,1H3,(H,15,17). The Labute approximate surface area is 99.3 Å². The number of amides is 1. The van der Waals surface area contributed by atoms with Gasteiger partial charge in [0, 0.05) is 26.1 Å². The number of rotatable bonds is 2. The van der Waals surface area contributed by atoms with Crippen LogP contribution in [0.2, 0.25) is 0 Å². The second-order valence-electron chi connectivity index (χ2n) is 4.00. The second-order valence-corrected chi connectivity index (χ2v) is 4.00. The molecule has 1 unspecified atom stereocenters. The van der Waals surface area contributed by atoms with E-state index in [9.17, 15) is 4.79 Å². The van der Waals surface area contributed by atoms with Crippen LogP contribution in [0, 0.1) is 11.3 Å². The van der Waals surface area contributed by atoms with E-state index in [1.165, 1.54) is 13.1 Å². The topological polar surface area (TPSA) is 81.9 Å². The van der Waals surface area contributed by atoms with Crippen LogP contribution in [0.4, 0.5) is 5.82 Å². The SMILES string of the molecule is CC(=O)NC1CCN(c2cnc(C#N)cn2)C1. The molecule has 6 nitrogen and oxygen atoms in total. The third-order valence-corrected chi connectivity index (χ3v) is 2.67. The molecule has 1 saturated heterocycles. The Morgan fingerprint density at radius 2 is 2.41 bits per heavy atom. The fraction of sp³-hybridized carbons (Fsp3) is 0.455. The summed E-state index contributed by atoms with van der Waals surface area (Å²) in [5, 5.41) is 11.5. The molecule has 0 saturated carbocycles. The Morgan fingerprint density at radius 3 is 3.00 bits per heavy atom. The first kappa shape index (κ1) is 11.3. The van der Waals surface area contributed by atoms with Gasteiger partial charge in [0.25, 0.3) is 0 Å². The molecule has 1 aromatic rings. The Kier molecular flexibility index (Phi) is 3.19. The Bertz CT molecular complexity index is 450. The zero-order chi connectivity index (χ0) is 12.3. The van der Waals surface area contributed by atoms with Crippen molar-refractivity contribution in [3.63, 3.8) is 0 Å². The predicted molar refractivity (Wildman–Crippen MR) is 61.2 cm³/mol. The van der Waals surface area contributed by atoms with Gasteiger partial charge in [-0.3, -0.25) is 4.79 Å². The number of nitrogens with one attached hydrogen (secondary N) is 1. The predicted octanol–water partition coefficient (Wildman–Crippen LogP) is 0.0631. The molecular formula is C11H13N5O. The molecule has 0 spiro atoms. The van der Waals surface area contributed by atoms with Crippen molar-refractivity contribution in [1.29, 1.82) is 5.26 Å². The van der Waals surface area contributed by atoms with Gasteiger partial charge in [-0.1, -0.05) is 0 Å². The van der Waals surface area contributed by atoms with Crippen molar-refractivity contribution in [1.82, 2.24) is 15.3 Å². The van der Waals surface area contributed by atoms with Crippen molar-refractivity contribution in [3.05, 3.63) is 18.1 Å². The van der Waals surface area contributed by atoms with Crippen molar-refractivity contribution < 1.29 is 4.79 Å². The Hall–Kier alpha value is -2.16. The van der Waals surface area contributed by atoms with Gasteiger partial charge in [-0.05, 0) is 6.42 Å². The lowest BCUT2D eigenvalue weighted by atomic mass is 10.3. The summed E-state index contributed by atoms with van der Waals surface area (Å²) >= 11 is 0. The summed E-state index contributed by atoms with van der Waals surface area (Å²) in [6.45, 7) is 3.09. The number of hydrogen-bond donors (Lipinski definition) is 1. The minimum atomic E-state index is -0.0113. The van der Waals surface area contributed by atoms with E-state index < -0.39 is 0 Å². The largest absolute Gasteiger partial charge is 0.353 e. The van der Waals surface area contributed by atoms with E-state index in [1.807, 2.05) is 6.07 Å². The summed E-state index contributed by atoms with van der Waals surface area (Å²) in [5.41, 5.74) is 0.311. The minimum absolute atomic E-state index is 0.0113. The molecule has 1 fully saturated rings. The molecule has 1 aromatic heterocycles. The average Bonchev–Trinajstić information content (AvgIpc) is 2.77. The minimum Gasteiger partial charge on any atom is -0.353 e. The summed E-state index contributed by atoms with van der Waals surface area (Å²) in [6.07, 6.45) is 3.96. The number of nitrogens with zero attached hydrogens (tertiary/aromatic N) is 4. The fourth-order valence-corrected chi connectivity index (χ4v) is 1.92. The number of hydrogen-bond acceptors (Lipinski definition) is 5. The van der Waals surface area contributed by atoms with E-state index >= 15 is 0 Å². The summed E-state index contributed by atoms with van der Waals surface area (Å²) in [6, 6.07) is 2.10. The van der Waals surface area contributed by atoms with Crippen molar-refractivity contribution in [2.24, 2.45) is 0 Å². The lowest BCUT2D eigenvalue weighted by Gasteiger charge is -2.16. The molecule has 1 aliphatic rings. The highest BCUT2D eigenvalue weighted by atomic mass is 16.1. The Morgan fingerprint density at radius 1 is 1.59 bits per heavy atom.